The van der Waals surface area contributed by atoms with E-state index in [0.717, 1.165) is 22.2 Å². The number of hydrogen-bond acceptors (Lipinski definition) is 3. The summed E-state index contributed by atoms with van der Waals surface area (Å²) in [6.45, 7) is 0. The van der Waals surface area contributed by atoms with Gasteiger partial charge >= 0.3 is 0 Å². The zero-order valence-corrected chi connectivity index (χ0v) is 11.5. The number of benzene rings is 2. The molecule has 1 heterocycles. The molecule has 21 heavy (non-hydrogen) atoms. The Hall–Kier alpha value is -2.88. The predicted molar refractivity (Wildman–Crippen MR) is 82.7 cm³/mol. The number of anilines is 1. The highest BCUT2D eigenvalue weighted by molar-refractivity contribution is 6.12. The molecule has 0 spiro atoms. The molecule has 0 atom stereocenters. The van der Waals surface area contributed by atoms with Gasteiger partial charge in [-0.15, -0.1) is 0 Å². The third-order valence-corrected chi connectivity index (χ3v) is 3.28. The van der Waals surface area contributed by atoms with Crippen LogP contribution in [0, 0.1) is 0 Å². The van der Waals surface area contributed by atoms with E-state index in [1.807, 2.05) is 18.2 Å². The first-order chi connectivity index (χ1) is 10.3. The number of hydrogen-bond donors (Lipinski definition) is 1. The summed E-state index contributed by atoms with van der Waals surface area (Å²) < 4.78 is 5.10. The van der Waals surface area contributed by atoms with Crippen molar-refractivity contribution in [2.24, 2.45) is 0 Å². The molecule has 1 amide bonds. The van der Waals surface area contributed by atoms with Crippen LogP contribution in [-0.2, 0) is 0 Å². The van der Waals surface area contributed by atoms with E-state index in [2.05, 4.69) is 10.3 Å². The molecule has 0 saturated carbocycles. The maximum Gasteiger partial charge on any atom is 0.256 e. The molecule has 0 aliphatic rings. The molecule has 104 valence electrons. The van der Waals surface area contributed by atoms with Crippen LogP contribution in [0.2, 0.25) is 0 Å². The highest BCUT2D eigenvalue weighted by Crippen LogP contribution is 2.20. The maximum absolute atomic E-state index is 12.4. The molecule has 4 heteroatoms. The normalized spacial score (nSPS) is 10.3. The number of methoxy groups -OCH3 is 1. The van der Waals surface area contributed by atoms with Crippen LogP contribution in [0.4, 0.5) is 5.69 Å². The molecule has 3 rings (SSSR count). The summed E-state index contributed by atoms with van der Waals surface area (Å²) in [5, 5.41) is 4.71. The number of ether oxygens (including phenoxy) is 1. The van der Waals surface area contributed by atoms with E-state index in [9.17, 15) is 4.79 Å². The van der Waals surface area contributed by atoms with E-state index < -0.39 is 0 Å². The molecule has 1 N–H and O–H groups in total. The van der Waals surface area contributed by atoms with Crippen molar-refractivity contribution in [1.82, 2.24) is 4.98 Å². The molecular formula is C17H14N2O2. The summed E-state index contributed by atoms with van der Waals surface area (Å²) in [7, 11) is 1.61. The smallest absolute Gasteiger partial charge is 0.256 e. The van der Waals surface area contributed by atoms with Crippen molar-refractivity contribution >= 4 is 22.4 Å². The van der Waals surface area contributed by atoms with Crippen LogP contribution in [0.15, 0.2) is 60.9 Å². The Morgan fingerprint density at radius 2 is 1.90 bits per heavy atom. The number of rotatable bonds is 3. The summed E-state index contributed by atoms with van der Waals surface area (Å²) in [4.78, 5) is 16.5. The predicted octanol–water partition coefficient (Wildman–Crippen LogP) is 3.50. The Labute approximate surface area is 122 Å². The standard InChI is InChI=1S/C17H14N2O2/c1-21-14-7-5-13(6-8-14)19-17(20)15-4-2-3-12-9-10-18-11-16(12)15/h2-11H,1H3,(H,19,20). The zero-order chi connectivity index (χ0) is 14.7. The molecule has 3 aromatic rings. The fourth-order valence-electron chi connectivity index (χ4n) is 2.18. The Kier molecular flexibility index (Phi) is 3.51. The summed E-state index contributed by atoms with van der Waals surface area (Å²) in [6, 6.07) is 14.7. The fourth-order valence-corrected chi connectivity index (χ4v) is 2.18. The van der Waals surface area contributed by atoms with Crippen LogP contribution < -0.4 is 10.1 Å². The monoisotopic (exact) mass is 278 g/mol. The number of aromatic nitrogens is 1. The number of pyridine rings is 1. The molecule has 0 aliphatic heterocycles. The maximum atomic E-state index is 12.4. The minimum Gasteiger partial charge on any atom is -0.497 e. The number of carbonyl (C=O) groups excluding carboxylic acids is 1. The first-order valence-electron chi connectivity index (χ1n) is 6.56. The van der Waals surface area contributed by atoms with Crippen molar-refractivity contribution in [3.05, 3.63) is 66.5 Å². The third-order valence-electron chi connectivity index (χ3n) is 3.28. The summed E-state index contributed by atoms with van der Waals surface area (Å²) in [5.41, 5.74) is 1.33. The SMILES string of the molecule is COc1ccc(NC(=O)c2cccc3ccncc23)cc1. The highest BCUT2D eigenvalue weighted by atomic mass is 16.5. The Balaban J connectivity index is 1.90. The number of nitrogens with one attached hydrogen (secondary N) is 1. The molecule has 1 aromatic heterocycles. The summed E-state index contributed by atoms with van der Waals surface area (Å²) in [6.07, 6.45) is 3.42. The molecule has 2 aromatic carbocycles. The lowest BCUT2D eigenvalue weighted by Crippen LogP contribution is -2.12. The molecule has 0 unspecified atom stereocenters. The Bertz CT molecular complexity index is 777. The van der Waals surface area contributed by atoms with Crippen LogP contribution in [0.5, 0.6) is 5.75 Å². The quantitative estimate of drug-likeness (QED) is 0.797. The molecular weight excluding hydrogens is 264 g/mol. The van der Waals surface area contributed by atoms with Gasteiger partial charge in [0.2, 0.25) is 0 Å². The fraction of sp³-hybridized carbons (Fsp3) is 0.0588. The van der Waals surface area contributed by atoms with Gasteiger partial charge in [0.1, 0.15) is 5.75 Å². The van der Waals surface area contributed by atoms with Crippen molar-refractivity contribution in [2.45, 2.75) is 0 Å². The number of carbonyl (C=O) groups is 1. The first-order valence-corrected chi connectivity index (χ1v) is 6.56. The minimum atomic E-state index is -0.154. The second kappa shape index (κ2) is 5.63. The van der Waals surface area contributed by atoms with Crippen molar-refractivity contribution in [2.75, 3.05) is 12.4 Å². The lowest BCUT2D eigenvalue weighted by molar-refractivity contribution is 0.102. The van der Waals surface area contributed by atoms with E-state index in [4.69, 9.17) is 4.74 Å². The molecule has 0 aliphatic carbocycles. The number of amides is 1. The average molecular weight is 278 g/mol. The Morgan fingerprint density at radius 3 is 2.67 bits per heavy atom. The van der Waals surface area contributed by atoms with Gasteiger partial charge in [-0.1, -0.05) is 12.1 Å². The van der Waals surface area contributed by atoms with Gasteiger partial charge in [0.05, 0.1) is 7.11 Å². The second-order valence-electron chi connectivity index (χ2n) is 4.59. The van der Waals surface area contributed by atoms with Crippen LogP contribution in [0.1, 0.15) is 10.4 Å². The van der Waals surface area contributed by atoms with Gasteiger partial charge in [-0.2, -0.15) is 0 Å². The molecule has 0 bridgehead atoms. The Morgan fingerprint density at radius 1 is 1.10 bits per heavy atom. The van der Waals surface area contributed by atoms with Gasteiger partial charge in [-0.05, 0) is 41.8 Å². The van der Waals surface area contributed by atoms with E-state index in [1.165, 1.54) is 0 Å². The van der Waals surface area contributed by atoms with Crippen LogP contribution in [-0.4, -0.2) is 18.0 Å². The number of nitrogens with zero attached hydrogens (tertiary/aromatic N) is 1. The molecule has 0 saturated heterocycles. The molecule has 0 radical (unpaired) electrons. The summed E-state index contributed by atoms with van der Waals surface area (Å²) in [5.74, 6) is 0.598. The van der Waals surface area contributed by atoms with Crippen molar-refractivity contribution in [3.8, 4) is 5.75 Å². The van der Waals surface area contributed by atoms with E-state index >= 15 is 0 Å². The van der Waals surface area contributed by atoms with Crippen LogP contribution >= 0.6 is 0 Å². The third kappa shape index (κ3) is 2.69. The van der Waals surface area contributed by atoms with Gasteiger partial charge in [-0.25, -0.2) is 0 Å². The largest absolute Gasteiger partial charge is 0.497 e. The minimum absolute atomic E-state index is 0.154. The van der Waals surface area contributed by atoms with Gasteiger partial charge in [0.25, 0.3) is 5.91 Å². The van der Waals surface area contributed by atoms with Crippen LogP contribution in [0.25, 0.3) is 10.8 Å². The molecule has 0 fully saturated rings. The molecule has 4 nitrogen and oxygen atoms in total. The van der Waals surface area contributed by atoms with E-state index in [0.29, 0.717) is 5.56 Å². The second-order valence-corrected chi connectivity index (χ2v) is 4.59. The lowest BCUT2D eigenvalue weighted by atomic mass is 10.1. The first kappa shape index (κ1) is 13.1. The van der Waals surface area contributed by atoms with Crippen molar-refractivity contribution < 1.29 is 9.53 Å². The van der Waals surface area contributed by atoms with Crippen molar-refractivity contribution in [1.29, 1.82) is 0 Å². The average Bonchev–Trinajstić information content (AvgIpc) is 2.55. The number of fused-ring (bicyclic) bond motifs is 1. The lowest BCUT2D eigenvalue weighted by Gasteiger charge is -2.08. The topological polar surface area (TPSA) is 51.2 Å². The van der Waals surface area contributed by atoms with Crippen LogP contribution in [0.3, 0.4) is 0 Å². The summed E-state index contributed by atoms with van der Waals surface area (Å²) >= 11 is 0. The van der Waals surface area contributed by atoms with Crippen molar-refractivity contribution in [3.63, 3.8) is 0 Å². The van der Waals surface area contributed by atoms with E-state index in [1.54, 1.807) is 49.8 Å². The van der Waals surface area contributed by atoms with E-state index in [-0.39, 0.29) is 5.91 Å². The van der Waals surface area contributed by atoms with Gasteiger partial charge in [-0.3, -0.25) is 9.78 Å². The highest BCUT2D eigenvalue weighted by Gasteiger charge is 2.10. The van der Waals surface area contributed by atoms with Gasteiger partial charge < -0.3 is 10.1 Å². The van der Waals surface area contributed by atoms with Gasteiger partial charge in [0.15, 0.2) is 0 Å². The zero-order valence-electron chi connectivity index (χ0n) is 11.5. The van der Waals surface area contributed by atoms with Gasteiger partial charge in [0, 0.05) is 29.0 Å².